The van der Waals surface area contributed by atoms with Gasteiger partial charge in [0, 0.05) is 0 Å². The van der Waals surface area contributed by atoms with Crippen LogP contribution < -0.4 is 5.73 Å². The second kappa shape index (κ2) is 4.52. The van der Waals surface area contributed by atoms with Crippen LogP contribution in [0, 0.1) is 0 Å². The smallest absolute Gasteiger partial charge is 0.307 e. The SMILES string of the molecule is Nc1c(CC(=O)O)cc(Br)nc1C(F)F. The summed E-state index contributed by atoms with van der Waals surface area (Å²) < 4.78 is 25.0. The number of anilines is 1. The van der Waals surface area contributed by atoms with E-state index in [2.05, 4.69) is 20.9 Å². The number of carbonyl (C=O) groups is 1. The number of pyridine rings is 1. The Balaban J connectivity index is 3.21. The topological polar surface area (TPSA) is 76.2 Å². The van der Waals surface area contributed by atoms with Crippen LogP contribution in [0.3, 0.4) is 0 Å². The number of aromatic nitrogens is 1. The lowest BCUT2D eigenvalue weighted by Crippen LogP contribution is -2.08. The largest absolute Gasteiger partial charge is 0.481 e. The van der Waals surface area contributed by atoms with Gasteiger partial charge in [-0.05, 0) is 27.6 Å². The zero-order chi connectivity index (χ0) is 11.6. The maximum atomic E-state index is 12.4. The van der Waals surface area contributed by atoms with Crippen LogP contribution in [0.25, 0.3) is 0 Å². The van der Waals surface area contributed by atoms with Gasteiger partial charge in [-0.15, -0.1) is 0 Å². The molecule has 0 aliphatic carbocycles. The fraction of sp³-hybridized carbons (Fsp3) is 0.250. The molecule has 0 amide bonds. The molecule has 0 unspecified atom stereocenters. The van der Waals surface area contributed by atoms with E-state index >= 15 is 0 Å². The van der Waals surface area contributed by atoms with Gasteiger partial charge in [0.1, 0.15) is 10.3 Å². The van der Waals surface area contributed by atoms with Gasteiger partial charge in [0.05, 0.1) is 12.1 Å². The molecular formula is C8H7BrF2N2O2. The first-order chi connectivity index (χ1) is 6.91. The fourth-order valence-corrected chi connectivity index (χ4v) is 1.54. The Hall–Kier alpha value is -1.24. The number of rotatable bonds is 3. The zero-order valence-corrected chi connectivity index (χ0v) is 8.96. The molecule has 0 atom stereocenters. The number of nitrogens with two attached hydrogens (primary N) is 1. The van der Waals surface area contributed by atoms with Crippen LogP contribution in [0.2, 0.25) is 0 Å². The van der Waals surface area contributed by atoms with Crippen LogP contribution >= 0.6 is 15.9 Å². The van der Waals surface area contributed by atoms with E-state index in [0.29, 0.717) is 0 Å². The molecule has 3 N–H and O–H groups in total. The number of hydrogen-bond donors (Lipinski definition) is 2. The van der Waals surface area contributed by atoms with E-state index in [1.54, 1.807) is 0 Å². The van der Waals surface area contributed by atoms with E-state index in [1.807, 2.05) is 0 Å². The molecule has 0 saturated carbocycles. The highest BCUT2D eigenvalue weighted by molar-refractivity contribution is 9.10. The van der Waals surface area contributed by atoms with Crippen molar-refractivity contribution in [2.45, 2.75) is 12.8 Å². The van der Waals surface area contributed by atoms with Gasteiger partial charge in [-0.3, -0.25) is 4.79 Å². The summed E-state index contributed by atoms with van der Waals surface area (Å²) in [5.74, 6) is -1.14. The van der Waals surface area contributed by atoms with Crippen molar-refractivity contribution < 1.29 is 18.7 Å². The van der Waals surface area contributed by atoms with Crippen LogP contribution in [-0.4, -0.2) is 16.1 Å². The second-order valence-electron chi connectivity index (χ2n) is 2.77. The summed E-state index contributed by atoms with van der Waals surface area (Å²) in [4.78, 5) is 13.9. The average molecular weight is 281 g/mol. The molecule has 1 aromatic rings. The lowest BCUT2D eigenvalue weighted by Gasteiger charge is -2.08. The highest BCUT2D eigenvalue weighted by Crippen LogP contribution is 2.28. The highest BCUT2D eigenvalue weighted by atomic mass is 79.9. The molecule has 82 valence electrons. The Kier molecular flexibility index (Phi) is 3.57. The van der Waals surface area contributed by atoms with Gasteiger partial charge in [0.15, 0.2) is 0 Å². The molecule has 0 fully saturated rings. The summed E-state index contributed by atoms with van der Waals surface area (Å²) in [6.07, 6.45) is -3.23. The normalized spacial score (nSPS) is 10.7. The molecule has 1 heterocycles. The van der Waals surface area contributed by atoms with E-state index in [0.717, 1.165) is 0 Å². The minimum absolute atomic E-state index is 0.125. The van der Waals surface area contributed by atoms with E-state index in [-0.39, 0.29) is 15.9 Å². The summed E-state index contributed by atoms with van der Waals surface area (Å²) in [6, 6.07) is 1.31. The minimum Gasteiger partial charge on any atom is -0.481 e. The standard InChI is InChI=1S/C8H7BrF2N2O2/c9-4-1-3(2-5(14)15)6(12)7(13-4)8(10)11/h1,8H,2,12H2,(H,14,15). The van der Waals surface area contributed by atoms with Crippen molar-refractivity contribution in [2.75, 3.05) is 5.73 Å². The molecule has 0 bridgehead atoms. The van der Waals surface area contributed by atoms with Gasteiger partial charge in [-0.25, -0.2) is 13.8 Å². The molecule has 0 radical (unpaired) electrons. The van der Waals surface area contributed by atoms with Crippen molar-refractivity contribution in [1.29, 1.82) is 0 Å². The van der Waals surface area contributed by atoms with Crippen LogP contribution in [0.1, 0.15) is 17.7 Å². The van der Waals surface area contributed by atoms with E-state index in [4.69, 9.17) is 10.8 Å². The molecule has 0 aromatic carbocycles. The van der Waals surface area contributed by atoms with E-state index < -0.39 is 24.5 Å². The molecule has 1 rings (SSSR count). The molecule has 0 aliphatic rings. The molecule has 4 nitrogen and oxygen atoms in total. The first-order valence-corrected chi connectivity index (χ1v) is 4.66. The van der Waals surface area contributed by atoms with Gasteiger partial charge >= 0.3 is 5.97 Å². The summed E-state index contributed by atoms with van der Waals surface area (Å²) in [5.41, 5.74) is 4.63. The summed E-state index contributed by atoms with van der Waals surface area (Å²) in [7, 11) is 0. The van der Waals surface area contributed by atoms with Crippen molar-refractivity contribution in [3.8, 4) is 0 Å². The Morgan fingerprint density at radius 2 is 2.27 bits per heavy atom. The monoisotopic (exact) mass is 280 g/mol. The molecule has 0 aliphatic heterocycles. The molecule has 0 saturated heterocycles. The van der Waals surface area contributed by atoms with Gasteiger partial charge in [-0.1, -0.05) is 0 Å². The molecule has 7 heteroatoms. The third-order valence-electron chi connectivity index (χ3n) is 1.69. The second-order valence-corrected chi connectivity index (χ2v) is 3.59. The fourth-order valence-electron chi connectivity index (χ4n) is 1.07. The predicted molar refractivity (Wildman–Crippen MR) is 52.6 cm³/mol. The van der Waals surface area contributed by atoms with E-state index in [9.17, 15) is 13.6 Å². The van der Waals surface area contributed by atoms with Gasteiger partial charge in [0.25, 0.3) is 6.43 Å². The van der Waals surface area contributed by atoms with E-state index in [1.165, 1.54) is 6.07 Å². The van der Waals surface area contributed by atoms with Gasteiger partial charge in [0.2, 0.25) is 0 Å². The number of nitrogen functional groups attached to an aromatic ring is 1. The highest BCUT2D eigenvalue weighted by Gasteiger charge is 2.18. The number of nitrogens with zero attached hydrogens (tertiary/aromatic N) is 1. The van der Waals surface area contributed by atoms with Crippen LogP contribution in [0.4, 0.5) is 14.5 Å². The first kappa shape index (κ1) is 11.8. The van der Waals surface area contributed by atoms with Gasteiger partial charge < -0.3 is 10.8 Å². The quantitative estimate of drug-likeness (QED) is 0.831. The zero-order valence-electron chi connectivity index (χ0n) is 7.38. The lowest BCUT2D eigenvalue weighted by atomic mass is 10.1. The van der Waals surface area contributed by atoms with Crippen molar-refractivity contribution in [3.63, 3.8) is 0 Å². The van der Waals surface area contributed by atoms with Crippen molar-refractivity contribution in [1.82, 2.24) is 4.98 Å². The predicted octanol–water partition coefficient (Wildman–Crippen LogP) is 1.99. The maximum Gasteiger partial charge on any atom is 0.307 e. The van der Waals surface area contributed by atoms with Crippen molar-refractivity contribution >= 4 is 27.6 Å². The minimum atomic E-state index is -2.82. The Labute approximate surface area is 92.2 Å². The summed E-state index contributed by atoms with van der Waals surface area (Å²) >= 11 is 2.91. The lowest BCUT2D eigenvalue weighted by molar-refractivity contribution is -0.136. The molecular weight excluding hydrogens is 274 g/mol. The number of carboxylic acids is 1. The Morgan fingerprint density at radius 1 is 1.67 bits per heavy atom. The number of carboxylic acid groups (broad SMARTS) is 1. The van der Waals surface area contributed by atoms with Crippen LogP contribution in [0.5, 0.6) is 0 Å². The molecule has 1 aromatic heterocycles. The van der Waals surface area contributed by atoms with Crippen LogP contribution in [-0.2, 0) is 11.2 Å². The van der Waals surface area contributed by atoms with Crippen molar-refractivity contribution in [2.24, 2.45) is 0 Å². The summed E-state index contributed by atoms with van der Waals surface area (Å²) in [6.45, 7) is 0. The number of aliphatic carboxylic acids is 1. The summed E-state index contributed by atoms with van der Waals surface area (Å²) in [5, 5.41) is 8.53. The maximum absolute atomic E-state index is 12.4. The first-order valence-electron chi connectivity index (χ1n) is 3.86. The Morgan fingerprint density at radius 3 is 2.73 bits per heavy atom. The number of halogens is 3. The Bertz CT molecular complexity index is 398. The third-order valence-corrected chi connectivity index (χ3v) is 2.10. The molecule has 0 spiro atoms. The van der Waals surface area contributed by atoms with Crippen molar-refractivity contribution in [3.05, 3.63) is 21.9 Å². The number of alkyl halides is 2. The van der Waals surface area contributed by atoms with Gasteiger partial charge in [-0.2, -0.15) is 0 Å². The number of hydrogen-bond acceptors (Lipinski definition) is 3. The third kappa shape index (κ3) is 2.85. The molecule has 15 heavy (non-hydrogen) atoms. The van der Waals surface area contributed by atoms with Crippen LogP contribution in [0.15, 0.2) is 10.7 Å². The average Bonchev–Trinajstić information content (AvgIpc) is 2.09.